The van der Waals surface area contributed by atoms with Gasteiger partial charge in [-0.05, 0) is 0 Å². The average Bonchev–Trinajstić information content (AvgIpc) is 1.61. The zero-order valence-corrected chi connectivity index (χ0v) is 6.66. The van der Waals surface area contributed by atoms with Crippen LogP contribution in [0.4, 0.5) is 0 Å². The Morgan fingerprint density at radius 3 is 2.50 bits per heavy atom. The Kier molecular flexibility index (Phi) is 3.87. The molecule has 0 aliphatic rings. The topological polar surface area (TPSA) is 29.1 Å². The lowest BCUT2D eigenvalue weighted by molar-refractivity contribution is -0.118. The van der Waals surface area contributed by atoms with Crippen molar-refractivity contribution in [1.82, 2.24) is 5.32 Å². The van der Waals surface area contributed by atoms with Gasteiger partial charge in [-0.1, -0.05) is 22.9 Å². The first-order valence-electron chi connectivity index (χ1n) is 2.51. The fraction of sp³-hybridized carbons (Fsp3) is 0.800. The van der Waals surface area contributed by atoms with Crippen molar-refractivity contribution < 1.29 is 4.79 Å². The SMILES string of the molecule is CC(=O)NCC(C)Br. The number of hydrogen-bond donors (Lipinski definition) is 1. The zero-order chi connectivity index (χ0) is 6.57. The first-order valence-corrected chi connectivity index (χ1v) is 3.43. The molecule has 2 nitrogen and oxygen atoms in total. The maximum absolute atomic E-state index is 10.2. The molecule has 1 unspecified atom stereocenters. The largest absolute Gasteiger partial charge is 0.355 e. The Morgan fingerprint density at radius 2 is 2.38 bits per heavy atom. The monoisotopic (exact) mass is 179 g/mol. The molecule has 0 saturated heterocycles. The van der Waals surface area contributed by atoms with Gasteiger partial charge in [0, 0.05) is 18.3 Å². The third kappa shape index (κ3) is 5.95. The van der Waals surface area contributed by atoms with E-state index in [1.807, 2.05) is 6.92 Å². The molecule has 0 heterocycles. The summed E-state index contributed by atoms with van der Waals surface area (Å²) in [5.74, 6) is 0.0244. The zero-order valence-electron chi connectivity index (χ0n) is 5.07. The van der Waals surface area contributed by atoms with Crippen LogP contribution in [0.3, 0.4) is 0 Å². The molecule has 0 aromatic heterocycles. The third-order valence-electron chi connectivity index (χ3n) is 0.632. The van der Waals surface area contributed by atoms with E-state index in [2.05, 4.69) is 21.2 Å². The van der Waals surface area contributed by atoms with E-state index in [1.165, 1.54) is 6.92 Å². The molecular weight excluding hydrogens is 170 g/mol. The molecule has 0 aromatic carbocycles. The number of halogens is 1. The lowest BCUT2D eigenvalue weighted by Crippen LogP contribution is -2.25. The second kappa shape index (κ2) is 3.89. The highest BCUT2D eigenvalue weighted by atomic mass is 79.9. The number of carbonyl (C=O) groups is 1. The highest BCUT2D eigenvalue weighted by Gasteiger charge is 1.94. The Labute approximate surface area is 57.8 Å². The highest BCUT2D eigenvalue weighted by Crippen LogP contribution is 1.92. The number of carbonyl (C=O) groups excluding carboxylic acids is 1. The summed E-state index contributed by atoms with van der Waals surface area (Å²) in [7, 11) is 0. The number of alkyl halides is 1. The van der Waals surface area contributed by atoms with Crippen LogP contribution in [0.15, 0.2) is 0 Å². The van der Waals surface area contributed by atoms with Gasteiger partial charge in [-0.2, -0.15) is 0 Å². The number of nitrogens with one attached hydrogen (secondary N) is 1. The minimum atomic E-state index is 0.0244. The van der Waals surface area contributed by atoms with Crippen molar-refractivity contribution in [2.45, 2.75) is 18.7 Å². The number of hydrogen-bond acceptors (Lipinski definition) is 1. The molecule has 3 heteroatoms. The van der Waals surface area contributed by atoms with Gasteiger partial charge >= 0.3 is 0 Å². The van der Waals surface area contributed by atoms with Gasteiger partial charge in [0.15, 0.2) is 0 Å². The molecule has 0 fully saturated rings. The van der Waals surface area contributed by atoms with Crippen molar-refractivity contribution in [3.05, 3.63) is 0 Å². The van der Waals surface area contributed by atoms with Crippen LogP contribution >= 0.6 is 15.9 Å². The van der Waals surface area contributed by atoms with Crippen LogP contribution in [-0.4, -0.2) is 17.3 Å². The Hall–Kier alpha value is -0.0500. The molecule has 0 radical (unpaired) electrons. The van der Waals surface area contributed by atoms with Crippen LogP contribution in [0.25, 0.3) is 0 Å². The summed E-state index contributed by atoms with van der Waals surface area (Å²) in [6.45, 7) is 4.20. The van der Waals surface area contributed by atoms with Crippen molar-refractivity contribution >= 4 is 21.8 Å². The van der Waals surface area contributed by atoms with Crippen LogP contribution in [-0.2, 0) is 4.79 Å². The van der Waals surface area contributed by atoms with E-state index >= 15 is 0 Å². The number of amides is 1. The molecule has 48 valence electrons. The van der Waals surface area contributed by atoms with Crippen molar-refractivity contribution in [1.29, 1.82) is 0 Å². The molecule has 8 heavy (non-hydrogen) atoms. The molecule has 0 aliphatic heterocycles. The molecule has 0 aliphatic carbocycles. The summed E-state index contributed by atoms with van der Waals surface area (Å²) in [5, 5.41) is 2.66. The Morgan fingerprint density at radius 1 is 1.88 bits per heavy atom. The standard InChI is InChI=1S/C5H10BrNO/c1-4(6)3-7-5(2)8/h4H,3H2,1-2H3,(H,7,8). The molecule has 0 spiro atoms. The van der Waals surface area contributed by atoms with E-state index in [-0.39, 0.29) is 5.91 Å². The quantitative estimate of drug-likeness (QED) is 0.628. The molecule has 1 amide bonds. The normalized spacial score (nSPS) is 12.9. The van der Waals surface area contributed by atoms with Gasteiger partial charge in [0.2, 0.25) is 5.91 Å². The Bertz CT molecular complexity index is 82.5. The van der Waals surface area contributed by atoms with E-state index < -0.39 is 0 Å². The van der Waals surface area contributed by atoms with E-state index in [9.17, 15) is 4.79 Å². The summed E-state index contributed by atoms with van der Waals surface area (Å²) >= 11 is 3.29. The van der Waals surface area contributed by atoms with E-state index in [0.717, 1.165) is 0 Å². The minimum Gasteiger partial charge on any atom is -0.355 e. The highest BCUT2D eigenvalue weighted by molar-refractivity contribution is 9.09. The molecule has 1 N–H and O–H groups in total. The fourth-order valence-electron chi connectivity index (χ4n) is 0.284. The van der Waals surface area contributed by atoms with Crippen molar-refractivity contribution in [3.8, 4) is 0 Å². The van der Waals surface area contributed by atoms with E-state index in [0.29, 0.717) is 11.4 Å². The van der Waals surface area contributed by atoms with Crippen LogP contribution in [0.1, 0.15) is 13.8 Å². The molecule has 1 atom stereocenters. The fourth-order valence-corrected chi connectivity index (χ4v) is 0.446. The van der Waals surface area contributed by atoms with Gasteiger partial charge in [-0.25, -0.2) is 0 Å². The van der Waals surface area contributed by atoms with Gasteiger partial charge in [-0.15, -0.1) is 0 Å². The van der Waals surface area contributed by atoms with Crippen molar-refractivity contribution in [3.63, 3.8) is 0 Å². The average molecular weight is 180 g/mol. The van der Waals surface area contributed by atoms with Gasteiger partial charge in [0.25, 0.3) is 0 Å². The van der Waals surface area contributed by atoms with E-state index in [1.54, 1.807) is 0 Å². The van der Waals surface area contributed by atoms with Crippen LogP contribution in [0.5, 0.6) is 0 Å². The predicted octanol–water partition coefficient (Wildman–Crippen LogP) is 0.906. The minimum absolute atomic E-state index is 0.0244. The third-order valence-corrected chi connectivity index (χ3v) is 0.956. The molecule has 0 aromatic rings. The molecule has 0 bridgehead atoms. The number of rotatable bonds is 2. The lowest BCUT2D eigenvalue weighted by Gasteiger charge is -2.01. The second-order valence-electron chi connectivity index (χ2n) is 1.72. The summed E-state index contributed by atoms with van der Waals surface area (Å²) in [6, 6.07) is 0. The molecule has 0 rings (SSSR count). The smallest absolute Gasteiger partial charge is 0.216 e. The first kappa shape index (κ1) is 7.95. The van der Waals surface area contributed by atoms with Gasteiger partial charge in [0.1, 0.15) is 0 Å². The summed E-state index contributed by atoms with van der Waals surface area (Å²) in [4.78, 5) is 10.6. The molecular formula is C5H10BrNO. The van der Waals surface area contributed by atoms with Crippen LogP contribution < -0.4 is 5.32 Å². The van der Waals surface area contributed by atoms with E-state index in [4.69, 9.17) is 0 Å². The summed E-state index contributed by atoms with van der Waals surface area (Å²) in [6.07, 6.45) is 0. The summed E-state index contributed by atoms with van der Waals surface area (Å²) in [5.41, 5.74) is 0. The predicted molar refractivity (Wildman–Crippen MR) is 37.1 cm³/mol. The van der Waals surface area contributed by atoms with Crippen molar-refractivity contribution in [2.24, 2.45) is 0 Å². The van der Waals surface area contributed by atoms with Crippen LogP contribution in [0, 0.1) is 0 Å². The first-order chi connectivity index (χ1) is 3.63. The summed E-state index contributed by atoms with van der Waals surface area (Å²) < 4.78 is 0. The lowest BCUT2D eigenvalue weighted by atomic mass is 10.5. The maximum Gasteiger partial charge on any atom is 0.216 e. The van der Waals surface area contributed by atoms with Gasteiger partial charge in [0.05, 0.1) is 0 Å². The maximum atomic E-state index is 10.2. The van der Waals surface area contributed by atoms with Crippen LogP contribution in [0.2, 0.25) is 0 Å². The van der Waals surface area contributed by atoms with Gasteiger partial charge < -0.3 is 5.32 Å². The van der Waals surface area contributed by atoms with Gasteiger partial charge in [-0.3, -0.25) is 4.79 Å². The molecule has 0 saturated carbocycles. The van der Waals surface area contributed by atoms with Crippen molar-refractivity contribution in [2.75, 3.05) is 6.54 Å². The Balaban J connectivity index is 3.05. The second-order valence-corrected chi connectivity index (χ2v) is 3.28.